The van der Waals surface area contributed by atoms with Crippen molar-refractivity contribution in [1.82, 2.24) is 15.1 Å². The number of thiazole rings is 1. The Balaban J connectivity index is 1.54. The number of hydrogen-bond donors (Lipinski definition) is 1. The van der Waals surface area contributed by atoms with E-state index in [2.05, 4.69) is 20.4 Å². The van der Waals surface area contributed by atoms with E-state index >= 15 is 0 Å². The van der Waals surface area contributed by atoms with Gasteiger partial charge in [0.1, 0.15) is 0 Å². The SMILES string of the molecule is CSc1sc(NC(=O)CCc2nc(-c3ccco3)no2)nc1C. The van der Waals surface area contributed by atoms with Gasteiger partial charge in [-0.1, -0.05) is 16.5 Å². The van der Waals surface area contributed by atoms with Crippen LogP contribution in [0.1, 0.15) is 18.0 Å². The van der Waals surface area contributed by atoms with Gasteiger partial charge in [0.05, 0.1) is 16.2 Å². The first-order valence-electron chi connectivity index (χ1n) is 6.83. The number of carbonyl (C=O) groups excluding carboxylic acids is 1. The van der Waals surface area contributed by atoms with Gasteiger partial charge < -0.3 is 14.3 Å². The molecule has 0 atom stereocenters. The van der Waals surface area contributed by atoms with E-state index in [9.17, 15) is 4.79 Å². The second-order valence-electron chi connectivity index (χ2n) is 4.63. The molecule has 0 saturated heterocycles. The van der Waals surface area contributed by atoms with Gasteiger partial charge in [-0.3, -0.25) is 4.79 Å². The van der Waals surface area contributed by atoms with Gasteiger partial charge in [0, 0.05) is 12.8 Å². The van der Waals surface area contributed by atoms with Crippen molar-refractivity contribution in [2.45, 2.75) is 24.0 Å². The number of rotatable bonds is 6. The number of furan rings is 1. The molecule has 3 rings (SSSR count). The minimum absolute atomic E-state index is 0.135. The fourth-order valence-corrected chi connectivity index (χ4v) is 3.52. The Morgan fingerprint density at radius 3 is 3.00 bits per heavy atom. The Kier molecular flexibility index (Phi) is 4.77. The molecule has 0 radical (unpaired) electrons. The molecule has 0 aliphatic rings. The Bertz CT molecular complexity index is 795. The van der Waals surface area contributed by atoms with Crippen LogP contribution in [0.2, 0.25) is 0 Å². The molecule has 120 valence electrons. The van der Waals surface area contributed by atoms with Gasteiger partial charge >= 0.3 is 0 Å². The third-order valence-electron chi connectivity index (χ3n) is 2.96. The molecule has 9 heteroatoms. The topological polar surface area (TPSA) is 94.1 Å². The number of aromatic nitrogens is 3. The van der Waals surface area contributed by atoms with Gasteiger partial charge in [0.2, 0.25) is 17.6 Å². The summed E-state index contributed by atoms with van der Waals surface area (Å²) < 4.78 is 11.4. The van der Waals surface area contributed by atoms with E-state index in [4.69, 9.17) is 8.94 Å². The van der Waals surface area contributed by atoms with Crippen LogP contribution in [-0.4, -0.2) is 27.3 Å². The highest BCUT2D eigenvalue weighted by atomic mass is 32.2. The summed E-state index contributed by atoms with van der Waals surface area (Å²) in [5.74, 6) is 1.17. The summed E-state index contributed by atoms with van der Waals surface area (Å²) >= 11 is 3.09. The first kappa shape index (κ1) is 15.8. The quantitative estimate of drug-likeness (QED) is 0.681. The van der Waals surface area contributed by atoms with Crippen molar-refractivity contribution in [1.29, 1.82) is 0 Å². The number of hydrogen-bond acceptors (Lipinski definition) is 8. The smallest absolute Gasteiger partial charge is 0.238 e. The Morgan fingerprint density at radius 1 is 1.43 bits per heavy atom. The zero-order valence-electron chi connectivity index (χ0n) is 12.5. The Hall–Kier alpha value is -2.13. The first-order chi connectivity index (χ1) is 11.2. The zero-order chi connectivity index (χ0) is 16.2. The van der Waals surface area contributed by atoms with E-state index < -0.39 is 0 Å². The standard InChI is InChI=1S/C14H14N4O3S2/c1-8-13(22-2)23-14(15-8)16-10(19)5-6-11-17-12(18-21-11)9-4-3-7-20-9/h3-4,7H,5-6H2,1-2H3,(H,15,16,19). The average Bonchev–Trinajstić information content (AvgIpc) is 3.25. The van der Waals surface area contributed by atoms with E-state index in [1.54, 1.807) is 23.9 Å². The molecule has 3 aromatic rings. The molecule has 0 saturated carbocycles. The number of amides is 1. The summed E-state index contributed by atoms with van der Waals surface area (Å²) in [5, 5.41) is 7.22. The number of aryl methyl sites for hydroxylation is 2. The molecule has 1 N–H and O–H groups in total. The second-order valence-corrected chi connectivity index (χ2v) is 6.71. The molecule has 0 aliphatic heterocycles. The summed E-state index contributed by atoms with van der Waals surface area (Å²) in [7, 11) is 0. The Morgan fingerprint density at radius 2 is 2.30 bits per heavy atom. The first-order valence-corrected chi connectivity index (χ1v) is 8.87. The number of nitrogens with zero attached hydrogens (tertiary/aromatic N) is 3. The Labute approximate surface area is 140 Å². The molecule has 0 aromatic carbocycles. The van der Waals surface area contributed by atoms with Crippen molar-refractivity contribution in [2.75, 3.05) is 11.6 Å². The molecule has 0 fully saturated rings. The fraction of sp³-hybridized carbons (Fsp3) is 0.286. The molecule has 23 heavy (non-hydrogen) atoms. The third-order valence-corrected chi connectivity index (χ3v) is 5.25. The van der Waals surface area contributed by atoms with Gasteiger partial charge in [-0.25, -0.2) is 4.98 Å². The van der Waals surface area contributed by atoms with Crippen molar-refractivity contribution in [3.63, 3.8) is 0 Å². The van der Waals surface area contributed by atoms with Crippen LogP contribution in [0, 0.1) is 6.92 Å². The maximum atomic E-state index is 12.0. The van der Waals surface area contributed by atoms with E-state index in [1.165, 1.54) is 17.6 Å². The molecule has 3 heterocycles. The van der Waals surface area contributed by atoms with Crippen molar-refractivity contribution in [3.05, 3.63) is 30.0 Å². The van der Waals surface area contributed by atoms with Crippen LogP contribution in [0.15, 0.2) is 31.5 Å². The summed E-state index contributed by atoms with van der Waals surface area (Å²) in [6.45, 7) is 1.92. The van der Waals surface area contributed by atoms with Gasteiger partial charge in [-0.2, -0.15) is 4.98 Å². The highest BCUT2D eigenvalue weighted by molar-refractivity contribution is 8.00. The maximum Gasteiger partial charge on any atom is 0.238 e. The highest BCUT2D eigenvalue weighted by Gasteiger charge is 2.14. The lowest BCUT2D eigenvalue weighted by Crippen LogP contribution is -2.12. The lowest BCUT2D eigenvalue weighted by molar-refractivity contribution is -0.116. The van der Waals surface area contributed by atoms with Crippen LogP contribution in [-0.2, 0) is 11.2 Å². The number of nitrogens with one attached hydrogen (secondary N) is 1. The average molecular weight is 350 g/mol. The summed E-state index contributed by atoms with van der Waals surface area (Å²) in [6.07, 6.45) is 4.13. The van der Waals surface area contributed by atoms with Gasteiger partial charge in [-0.05, 0) is 25.3 Å². The van der Waals surface area contributed by atoms with Crippen molar-refractivity contribution in [3.8, 4) is 11.6 Å². The maximum absolute atomic E-state index is 12.0. The molecule has 0 aliphatic carbocycles. The van der Waals surface area contributed by atoms with E-state index in [0.29, 0.717) is 29.0 Å². The minimum Gasteiger partial charge on any atom is -0.461 e. The second kappa shape index (κ2) is 6.97. The number of carbonyl (C=O) groups is 1. The summed E-state index contributed by atoms with van der Waals surface area (Å²) in [6, 6.07) is 3.49. The monoisotopic (exact) mass is 350 g/mol. The molecule has 0 bridgehead atoms. The molecule has 3 aromatic heterocycles. The van der Waals surface area contributed by atoms with Crippen LogP contribution < -0.4 is 5.32 Å². The van der Waals surface area contributed by atoms with Crippen LogP contribution in [0.3, 0.4) is 0 Å². The molecular formula is C14H14N4O3S2. The highest BCUT2D eigenvalue weighted by Crippen LogP contribution is 2.30. The third kappa shape index (κ3) is 3.80. The predicted octanol–water partition coefficient (Wildman–Crippen LogP) is 3.39. The summed E-state index contributed by atoms with van der Waals surface area (Å²) in [4.78, 5) is 20.5. The van der Waals surface area contributed by atoms with E-state index in [-0.39, 0.29) is 12.3 Å². The number of thioether (sulfide) groups is 1. The number of anilines is 1. The normalized spacial score (nSPS) is 10.9. The lowest BCUT2D eigenvalue weighted by Gasteiger charge is -1.98. The van der Waals surface area contributed by atoms with Crippen molar-refractivity contribution in [2.24, 2.45) is 0 Å². The van der Waals surface area contributed by atoms with Crippen LogP contribution in [0.4, 0.5) is 5.13 Å². The van der Waals surface area contributed by atoms with Gasteiger partial charge in [0.25, 0.3) is 0 Å². The predicted molar refractivity (Wildman–Crippen MR) is 87.6 cm³/mol. The molecule has 1 amide bonds. The van der Waals surface area contributed by atoms with Crippen LogP contribution >= 0.6 is 23.1 Å². The van der Waals surface area contributed by atoms with Crippen LogP contribution in [0.25, 0.3) is 11.6 Å². The minimum atomic E-state index is -0.135. The van der Waals surface area contributed by atoms with Gasteiger partial charge in [-0.15, -0.1) is 11.8 Å². The van der Waals surface area contributed by atoms with Crippen molar-refractivity contribution < 1.29 is 13.7 Å². The zero-order valence-corrected chi connectivity index (χ0v) is 14.2. The molecular weight excluding hydrogens is 336 g/mol. The van der Waals surface area contributed by atoms with E-state index in [1.807, 2.05) is 13.2 Å². The van der Waals surface area contributed by atoms with Gasteiger partial charge in [0.15, 0.2) is 10.9 Å². The lowest BCUT2D eigenvalue weighted by atomic mass is 10.3. The largest absolute Gasteiger partial charge is 0.461 e. The molecule has 7 nitrogen and oxygen atoms in total. The fourth-order valence-electron chi connectivity index (χ4n) is 1.89. The van der Waals surface area contributed by atoms with Crippen LogP contribution in [0.5, 0.6) is 0 Å². The molecule has 0 unspecified atom stereocenters. The summed E-state index contributed by atoms with van der Waals surface area (Å²) in [5.41, 5.74) is 0.929. The van der Waals surface area contributed by atoms with Crippen molar-refractivity contribution >= 4 is 34.1 Å². The molecule has 0 spiro atoms. The van der Waals surface area contributed by atoms with E-state index in [0.717, 1.165) is 9.90 Å².